The lowest BCUT2D eigenvalue weighted by Gasteiger charge is -2.34. The largest absolute Gasteiger partial charge is 0.394 e. The van der Waals surface area contributed by atoms with Crippen LogP contribution in [-0.2, 0) is 0 Å². The zero-order chi connectivity index (χ0) is 12.2. The van der Waals surface area contributed by atoms with E-state index in [0.717, 1.165) is 18.5 Å². The van der Waals surface area contributed by atoms with Crippen molar-refractivity contribution in [1.29, 1.82) is 0 Å². The molecule has 1 unspecified atom stereocenters. The smallest absolute Gasteiger partial charge is 0.0623 e. The summed E-state index contributed by atoms with van der Waals surface area (Å²) in [7, 11) is 1.93. The van der Waals surface area contributed by atoms with Gasteiger partial charge in [0.15, 0.2) is 0 Å². The summed E-state index contributed by atoms with van der Waals surface area (Å²) >= 11 is 0. The standard InChI is InChI=1S/C13H28N2O/c1-11(2)7-8-15(12-5-6-12)9-13(3,10-16)14-4/h11-12,14,16H,5-10H2,1-4H3. The maximum atomic E-state index is 9.42. The van der Waals surface area contributed by atoms with Crippen LogP contribution in [0.4, 0.5) is 0 Å². The number of hydrogen-bond acceptors (Lipinski definition) is 3. The van der Waals surface area contributed by atoms with Crippen molar-refractivity contribution in [3.05, 3.63) is 0 Å². The zero-order valence-electron chi connectivity index (χ0n) is 11.3. The second-order valence-electron chi connectivity index (χ2n) is 5.85. The maximum absolute atomic E-state index is 9.42. The van der Waals surface area contributed by atoms with Crippen LogP contribution < -0.4 is 5.32 Å². The Kier molecular flexibility index (Phi) is 5.22. The van der Waals surface area contributed by atoms with E-state index < -0.39 is 0 Å². The topological polar surface area (TPSA) is 35.5 Å². The van der Waals surface area contributed by atoms with Crippen LogP contribution in [-0.4, -0.2) is 48.3 Å². The van der Waals surface area contributed by atoms with E-state index in [0.29, 0.717) is 0 Å². The molecule has 0 spiro atoms. The molecule has 1 aliphatic carbocycles. The number of likely N-dealkylation sites (N-methyl/N-ethyl adjacent to an activating group) is 1. The Bertz CT molecular complexity index is 198. The average molecular weight is 228 g/mol. The highest BCUT2D eigenvalue weighted by molar-refractivity contribution is 4.92. The van der Waals surface area contributed by atoms with Gasteiger partial charge in [0.05, 0.1) is 12.1 Å². The molecule has 16 heavy (non-hydrogen) atoms. The minimum absolute atomic E-state index is 0.153. The molecule has 1 aliphatic rings. The van der Waals surface area contributed by atoms with Crippen LogP contribution in [0.2, 0.25) is 0 Å². The van der Waals surface area contributed by atoms with E-state index in [1.54, 1.807) is 0 Å². The predicted molar refractivity (Wildman–Crippen MR) is 68.6 cm³/mol. The van der Waals surface area contributed by atoms with Crippen LogP contribution in [0.5, 0.6) is 0 Å². The summed E-state index contributed by atoms with van der Waals surface area (Å²) in [5.74, 6) is 0.760. The van der Waals surface area contributed by atoms with E-state index in [1.807, 2.05) is 7.05 Å². The highest BCUT2D eigenvalue weighted by Gasteiger charge is 2.33. The molecule has 1 fully saturated rings. The van der Waals surface area contributed by atoms with Gasteiger partial charge < -0.3 is 10.4 Å². The Balaban J connectivity index is 2.43. The van der Waals surface area contributed by atoms with E-state index in [-0.39, 0.29) is 12.1 Å². The Morgan fingerprint density at radius 2 is 2.06 bits per heavy atom. The van der Waals surface area contributed by atoms with Crippen LogP contribution in [0.1, 0.15) is 40.0 Å². The summed E-state index contributed by atoms with van der Waals surface area (Å²) in [5, 5.41) is 12.7. The Morgan fingerprint density at radius 1 is 1.44 bits per heavy atom. The number of aliphatic hydroxyl groups excluding tert-OH is 1. The van der Waals surface area contributed by atoms with E-state index >= 15 is 0 Å². The van der Waals surface area contributed by atoms with Gasteiger partial charge in [0.25, 0.3) is 0 Å². The summed E-state index contributed by atoms with van der Waals surface area (Å²) in [6.45, 7) is 8.96. The molecular formula is C13H28N2O. The molecule has 0 aromatic rings. The highest BCUT2D eigenvalue weighted by atomic mass is 16.3. The van der Waals surface area contributed by atoms with E-state index in [4.69, 9.17) is 0 Å². The monoisotopic (exact) mass is 228 g/mol. The van der Waals surface area contributed by atoms with Gasteiger partial charge in [-0.15, -0.1) is 0 Å². The second-order valence-corrected chi connectivity index (χ2v) is 5.85. The fourth-order valence-corrected chi connectivity index (χ4v) is 1.91. The number of aliphatic hydroxyl groups is 1. The summed E-state index contributed by atoms with van der Waals surface area (Å²) in [4.78, 5) is 2.55. The van der Waals surface area contributed by atoms with Crippen molar-refractivity contribution in [2.75, 3.05) is 26.7 Å². The van der Waals surface area contributed by atoms with Gasteiger partial charge >= 0.3 is 0 Å². The van der Waals surface area contributed by atoms with Crippen LogP contribution in [0, 0.1) is 5.92 Å². The molecule has 0 heterocycles. The number of rotatable bonds is 8. The van der Waals surface area contributed by atoms with Gasteiger partial charge in [-0.05, 0) is 45.7 Å². The van der Waals surface area contributed by atoms with Crippen molar-refractivity contribution < 1.29 is 5.11 Å². The van der Waals surface area contributed by atoms with E-state index in [9.17, 15) is 5.11 Å². The first-order valence-electron chi connectivity index (χ1n) is 6.54. The lowest BCUT2D eigenvalue weighted by Crippen LogP contribution is -2.53. The predicted octanol–water partition coefficient (Wildman–Crippen LogP) is 1.47. The second kappa shape index (κ2) is 5.99. The molecule has 1 rings (SSSR count). The molecule has 1 atom stereocenters. The number of nitrogens with one attached hydrogen (secondary N) is 1. The van der Waals surface area contributed by atoms with Crippen molar-refractivity contribution in [1.82, 2.24) is 10.2 Å². The normalized spacial score (nSPS) is 20.4. The van der Waals surface area contributed by atoms with Gasteiger partial charge in [-0.2, -0.15) is 0 Å². The first-order valence-corrected chi connectivity index (χ1v) is 6.54. The molecule has 96 valence electrons. The van der Waals surface area contributed by atoms with Gasteiger partial charge in [0.2, 0.25) is 0 Å². The van der Waals surface area contributed by atoms with Crippen LogP contribution in [0.15, 0.2) is 0 Å². The lowest BCUT2D eigenvalue weighted by atomic mass is 10.0. The van der Waals surface area contributed by atoms with Crippen LogP contribution in [0.25, 0.3) is 0 Å². The molecule has 3 heteroatoms. The molecule has 0 saturated heterocycles. The highest BCUT2D eigenvalue weighted by Crippen LogP contribution is 2.28. The molecular weight excluding hydrogens is 200 g/mol. The third-order valence-electron chi connectivity index (χ3n) is 3.56. The van der Waals surface area contributed by atoms with Crippen molar-refractivity contribution in [3.63, 3.8) is 0 Å². The van der Waals surface area contributed by atoms with Gasteiger partial charge in [-0.3, -0.25) is 4.90 Å². The first-order chi connectivity index (χ1) is 7.50. The third-order valence-corrected chi connectivity index (χ3v) is 3.56. The minimum atomic E-state index is -0.153. The fraction of sp³-hybridized carbons (Fsp3) is 1.00. The fourth-order valence-electron chi connectivity index (χ4n) is 1.91. The van der Waals surface area contributed by atoms with Gasteiger partial charge in [0.1, 0.15) is 0 Å². The van der Waals surface area contributed by atoms with E-state index in [2.05, 4.69) is 31.0 Å². The first kappa shape index (κ1) is 13.9. The van der Waals surface area contributed by atoms with Crippen LogP contribution in [0.3, 0.4) is 0 Å². The van der Waals surface area contributed by atoms with Crippen molar-refractivity contribution in [2.45, 2.75) is 51.6 Å². The molecule has 0 bridgehead atoms. The Labute approximate surface area is 100 Å². The molecule has 3 nitrogen and oxygen atoms in total. The molecule has 0 radical (unpaired) electrons. The minimum Gasteiger partial charge on any atom is -0.394 e. The summed E-state index contributed by atoms with van der Waals surface area (Å²) < 4.78 is 0. The molecule has 0 aromatic heterocycles. The Morgan fingerprint density at radius 3 is 2.44 bits per heavy atom. The molecule has 1 saturated carbocycles. The summed E-state index contributed by atoms with van der Waals surface area (Å²) in [6.07, 6.45) is 3.92. The molecule has 0 amide bonds. The number of nitrogens with zero attached hydrogens (tertiary/aromatic N) is 1. The zero-order valence-corrected chi connectivity index (χ0v) is 11.3. The van der Waals surface area contributed by atoms with Crippen molar-refractivity contribution >= 4 is 0 Å². The molecule has 2 N–H and O–H groups in total. The maximum Gasteiger partial charge on any atom is 0.0623 e. The van der Waals surface area contributed by atoms with Crippen molar-refractivity contribution in [3.8, 4) is 0 Å². The molecule has 0 aliphatic heterocycles. The van der Waals surface area contributed by atoms with E-state index in [1.165, 1.54) is 25.8 Å². The number of hydrogen-bond donors (Lipinski definition) is 2. The quantitative estimate of drug-likeness (QED) is 0.660. The SMILES string of the molecule is CNC(C)(CO)CN(CCC(C)C)C1CC1. The summed E-state index contributed by atoms with van der Waals surface area (Å²) in [5.41, 5.74) is -0.153. The van der Waals surface area contributed by atoms with Crippen molar-refractivity contribution in [2.24, 2.45) is 5.92 Å². The van der Waals surface area contributed by atoms with Gasteiger partial charge in [-0.25, -0.2) is 0 Å². The Hall–Kier alpha value is -0.120. The van der Waals surface area contributed by atoms with Crippen LogP contribution >= 0.6 is 0 Å². The lowest BCUT2D eigenvalue weighted by molar-refractivity contribution is 0.118. The average Bonchev–Trinajstić information content (AvgIpc) is 3.07. The summed E-state index contributed by atoms with van der Waals surface area (Å²) in [6, 6.07) is 0.776. The van der Waals surface area contributed by atoms with Gasteiger partial charge in [0, 0.05) is 12.6 Å². The van der Waals surface area contributed by atoms with Gasteiger partial charge in [-0.1, -0.05) is 13.8 Å². The third kappa shape index (κ3) is 4.40. The molecule has 0 aromatic carbocycles.